The summed E-state index contributed by atoms with van der Waals surface area (Å²) >= 11 is 0. The van der Waals surface area contributed by atoms with Gasteiger partial charge in [0.2, 0.25) is 0 Å². The number of allylic oxidation sites excluding steroid dienone is 4. The highest BCUT2D eigenvalue weighted by molar-refractivity contribution is 7.77. The minimum Gasteiger partial charge on any atom is -0.302 e. The molecule has 1 N–H and O–H groups in total. The molecule has 0 bridgehead atoms. The van der Waals surface area contributed by atoms with Gasteiger partial charge < -0.3 is 4.89 Å². The third-order valence-corrected chi connectivity index (χ3v) is 6.90. The minimum absolute atomic E-state index is 0.0694. The molecule has 2 rings (SSSR count). The highest BCUT2D eigenvalue weighted by Crippen LogP contribution is 2.79. The first-order valence-corrected chi connectivity index (χ1v) is 8.79. The second-order valence-electron chi connectivity index (χ2n) is 4.38. The van der Waals surface area contributed by atoms with Gasteiger partial charge in [0.25, 0.3) is 0 Å². The normalized spacial score (nSPS) is 36.6. The Kier molecular flexibility index (Phi) is 3.77. The summed E-state index contributed by atoms with van der Waals surface area (Å²) in [5, 5.41) is 0. The van der Waals surface area contributed by atoms with Gasteiger partial charge in [0.15, 0.2) is 0 Å². The zero-order valence-corrected chi connectivity index (χ0v) is 11.5. The zero-order chi connectivity index (χ0) is 12.5. The predicted molar refractivity (Wildman–Crippen MR) is 64.8 cm³/mol. The van der Waals surface area contributed by atoms with Crippen LogP contribution in [0.2, 0.25) is 0 Å². The number of phosphoric acid groups is 1. The van der Waals surface area contributed by atoms with Gasteiger partial charge in [-0.3, -0.25) is 4.57 Å². The van der Waals surface area contributed by atoms with Crippen LogP contribution in [0.1, 0.15) is 32.6 Å². The minimum atomic E-state index is -3.98. The van der Waals surface area contributed by atoms with Crippen LogP contribution in [0.25, 0.3) is 0 Å². The van der Waals surface area contributed by atoms with Gasteiger partial charge >= 0.3 is 15.4 Å². The first-order valence-electron chi connectivity index (χ1n) is 5.57. The lowest BCUT2D eigenvalue weighted by atomic mass is 10.1. The largest absolute Gasteiger partial charge is 0.486 e. The molecule has 2 aliphatic rings. The molecule has 0 spiro atoms. The maximum atomic E-state index is 11.5. The fourth-order valence-corrected chi connectivity index (χ4v) is 5.17. The molecule has 0 amide bonds. The van der Waals surface area contributed by atoms with Crippen molar-refractivity contribution in [2.75, 3.05) is 6.16 Å². The topological polar surface area (TPSA) is 72.8 Å². The van der Waals surface area contributed by atoms with Crippen LogP contribution in [0, 0.1) is 0 Å². The summed E-state index contributed by atoms with van der Waals surface area (Å²) in [6, 6.07) is 0. The Bertz CT molecular complexity index is 445. The van der Waals surface area contributed by atoms with Crippen LogP contribution in [0.4, 0.5) is 0 Å². The van der Waals surface area contributed by atoms with Crippen molar-refractivity contribution in [1.82, 2.24) is 0 Å². The summed E-state index contributed by atoms with van der Waals surface area (Å²) < 4.78 is 31.1. The molecule has 17 heavy (non-hydrogen) atoms. The zero-order valence-electron chi connectivity index (χ0n) is 9.66. The summed E-state index contributed by atoms with van der Waals surface area (Å²) in [5.74, 6) is 0. The van der Waals surface area contributed by atoms with Crippen LogP contribution in [-0.4, -0.2) is 11.1 Å². The van der Waals surface area contributed by atoms with E-state index in [0.717, 1.165) is 18.4 Å². The third kappa shape index (κ3) is 4.20. The predicted octanol–water partition coefficient (Wildman–Crippen LogP) is 3.77. The SMILES string of the molecule is C/C(=C\CP1(=O)OP(=O)(O)O1)CCC=C1CC1. The van der Waals surface area contributed by atoms with E-state index in [2.05, 4.69) is 14.7 Å². The first-order chi connectivity index (χ1) is 7.89. The molecule has 2 fully saturated rings. The van der Waals surface area contributed by atoms with Crippen molar-refractivity contribution in [3.8, 4) is 0 Å². The van der Waals surface area contributed by atoms with E-state index in [-0.39, 0.29) is 6.16 Å². The Labute approximate surface area is 101 Å². The Morgan fingerprint density at radius 3 is 2.59 bits per heavy atom. The summed E-state index contributed by atoms with van der Waals surface area (Å²) in [6.07, 6.45) is 8.41. The van der Waals surface area contributed by atoms with Crippen molar-refractivity contribution in [3.05, 3.63) is 23.3 Å². The molecule has 0 unspecified atom stereocenters. The molecule has 1 heterocycles. The fourth-order valence-electron chi connectivity index (χ4n) is 1.54. The summed E-state index contributed by atoms with van der Waals surface area (Å²) in [7, 11) is -7.29. The van der Waals surface area contributed by atoms with Crippen LogP contribution < -0.4 is 0 Å². The molecule has 1 saturated carbocycles. The van der Waals surface area contributed by atoms with Gasteiger partial charge in [0.05, 0.1) is 6.16 Å². The molecule has 0 aromatic heterocycles. The molecule has 1 aliphatic heterocycles. The van der Waals surface area contributed by atoms with Crippen molar-refractivity contribution in [3.63, 3.8) is 0 Å². The van der Waals surface area contributed by atoms with Crippen molar-refractivity contribution < 1.29 is 22.6 Å². The molecule has 1 aliphatic carbocycles. The Balaban J connectivity index is 1.74. The molecule has 0 aromatic carbocycles. The molecule has 5 nitrogen and oxygen atoms in total. The summed E-state index contributed by atoms with van der Waals surface area (Å²) in [6.45, 7) is 1.94. The van der Waals surface area contributed by atoms with Gasteiger partial charge in [-0.1, -0.05) is 23.3 Å². The quantitative estimate of drug-likeness (QED) is 0.612. The highest BCUT2D eigenvalue weighted by atomic mass is 31.3. The van der Waals surface area contributed by atoms with Crippen molar-refractivity contribution in [2.45, 2.75) is 32.6 Å². The summed E-state index contributed by atoms with van der Waals surface area (Å²) in [4.78, 5) is 8.73. The maximum Gasteiger partial charge on any atom is 0.486 e. The lowest BCUT2D eigenvalue weighted by Crippen LogP contribution is -2.06. The van der Waals surface area contributed by atoms with E-state index in [1.165, 1.54) is 18.4 Å². The van der Waals surface area contributed by atoms with Gasteiger partial charge in [-0.2, -0.15) is 0 Å². The van der Waals surface area contributed by atoms with Gasteiger partial charge in [0.1, 0.15) is 0 Å². The molecular weight excluding hydrogens is 262 g/mol. The van der Waals surface area contributed by atoms with Crippen molar-refractivity contribution in [2.24, 2.45) is 0 Å². The van der Waals surface area contributed by atoms with Gasteiger partial charge in [-0.25, -0.2) is 13.2 Å². The number of hydrogen-bond acceptors (Lipinski definition) is 4. The molecule has 0 aromatic rings. The number of rotatable bonds is 5. The van der Waals surface area contributed by atoms with Crippen LogP contribution in [0.5, 0.6) is 0 Å². The second-order valence-corrected chi connectivity index (χ2v) is 8.21. The van der Waals surface area contributed by atoms with E-state index >= 15 is 0 Å². The Morgan fingerprint density at radius 2 is 2.06 bits per heavy atom. The molecule has 1 saturated heterocycles. The van der Waals surface area contributed by atoms with Crippen LogP contribution in [0.15, 0.2) is 23.3 Å². The second kappa shape index (κ2) is 4.83. The third-order valence-electron chi connectivity index (χ3n) is 2.63. The molecular formula is C10H16O5P2. The first kappa shape index (κ1) is 13.3. The molecule has 96 valence electrons. The summed E-state index contributed by atoms with van der Waals surface area (Å²) in [5.41, 5.74) is 2.60. The van der Waals surface area contributed by atoms with E-state index in [4.69, 9.17) is 4.89 Å². The molecule has 7 heteroatoms. The fraction of sp³-hybridized carbons (Fsp3) is 0.600. The van der Waals surface area contributed by atoms with Crippen LogP contribution in [-0.2, 0) is 17.8 Å². The van der Waals surface area contributed by atoms with Gasteiger partial charge in [-0.15, -0.1) is 0 Å². The van der Waals surface area contributed by atoms with Crippen molar-refractivity contribution >= 4 is 15.4 Å². The van der Waals surface area contributed by atoms with Crippen LogP contribution in [0.3, 0.4) is 0 Å². The van der Waals surface area contributed by atoms with E-state index in [1.807, 2.05) is 6.92 Å². The molecule has 0 atom stereocenters. The van der Waals surface area contributed by atoms with Gasteiger partial charge in [-0.05, 0) is 32.6 Å². The monoisotopic (exact) mass is 278 g/mol. The maximum absolute atomic E-state index is 11.5. The average Bonchev–Trinajstić information content (AvgIpc) is 2.95. The average molecular weight is 278 g/mol. The number of hydrogen-bond donors (Lipinski definition) is 1. The van der Waals surface area contributed by atoms with Crippen molar-refractivity contribution in [1.29, 1.82) is 0 Å². The van der Waals surface area contributed by atoms with E-state index in [9.17, 15) is 9.13 Å². The van der Waals surface area contributed by atoms with E-state index in [1.54, 1.807) is 6.08 Å². The van der Waals surface area contributed by atoms with Crippen LogP contribution >= 0.6 is 15.4 Å². The smallest absolute Gasteiger partial charge is 0.302 e. The van der Waals surface area contributed by atoms with Gasteiger partial charge in [0, 0.05) is 0 Å². The Morgan fingerprint density at radius 1 is 1.41 bits per heavy atom. The lowest BCUT2D eigenvalue weighted by molar-refractivity contribution is 0.211. The molecule has 0 radical (unpaired) electrons. The van der Waals surface area contributed by atoms with E-state index in [0.29, 0.717) is 0 Å². The Hall–Kier alpha value is -0.180. The standard InChI is InChI=1S/C10H16O5P2/c1-9(3-2-4-10-5-6-10)7-8-16(11)14-17(12,13)15-16/h4,7H,2-3,5-6,8H2,1H3,(H,12,13)/b9-7+. The lowest BCUT2D eigenvalue weighted by Gasteiger charge is -2.28. The van der Waals surface area contributed by atoms with E-state index < -0.39 is 15.4 Å². The highest BCUT2D eigenvalue weighted by Gasteiger charge is 2.51.